The van der Waals surface area contributed by atoms with Gasteiger partial charge in [-0.2, -0.15) is 0 Å². The summed E-state index contributed by atoms with van der Waals surface area (Å²) in [6.07, 6.45) is 0.671. The number of nitrogens with zero attached hydrogens (tertiary/aromatic N) is 3. The van der Waals surface area contributed by atoms with E-state index < -0.39 is 11.6 Å². The smallest absolute Gasteiger partial charge is 0.405 e. The highest BCUT2D eigenvalue weighted by Crippen LogP contribution is 2.30. The van der Waals surface area contributed by atoms with Crippen molar-refractivity contribution in [3.8, 4) is 5.75 Å². The number of hydrogen-bond acceptors (Lipinski definition) is 5. The largest absolute Gasteiger partial charge is 0.489 e. The van der Waals surface area contributed by atoms with Crippen molar-refractivity contribution in [1.82, 2.24) is 19.9 Å². The Balaban J connectivity index is 1.78. The van der Waals surface area contributed by atoms with Crippen molar-refractivity contribution in [2.75, 3.05) is 6.61 Å². The van der Waals surface area contributed by atoms with E-state index in [4.69, 9.17) is 14.5 Å². The van der Waals surface area contributed by atoms with E-state index in [1.807, 2.05) is 73.9 Å². The molecule has 0 aliphatic rings. The first-order valence-corrected chi connectivity index (χ1v) is 10.9. The van der Waals surface area contributed by atoms with Crippen LogP contribution >= 0.6 is 0 Å². The fourth-order valence-electron chi connectivity index (χ4n) is 3.87. The lowest BCUT2D eigenvalue weighted by Crippen LogP contribution is -2.46. The molecule has 0 saturated carbocycles. The van der Waals surface area contributed by atoms with Crippen molar-refractivity contribution in [1.29, 1.82) is 0 Å². The number of carboxylic acid groups (broad SMARTS) is 1. The molecule has 33 heavy (non-hydrogen) atoms. The molecule has 0 unspecified atom stereocenters. The molecule has 8 nitrogen and oxygen atoms in total. The topological polar surface area (TPSA) is 98.5 Å². The maximum Gasteiger partial charge on any atom is 0.405 e. The van der Waals surface area contributed by atoms with E-state index in [1.165, 1.54) is 0 Å². The third-order valence-electron chi connectivity index (χ3n) is 5.31. The zero-order valence-electron chi connectivity index (χ0n) is 19.0. The van der Waals surface area contributed by atoms with Gasteiger partial charge in [0.25, 0.3) is 0 Å². The van der Waals surface area contributed by atoms with Crippen LogP contribution in [0.15, 0.2) is 54.7 Å². The van der Waals surface area contributed by atoms with Gasteiger partial charge in [-0.25, -0.2) is 9.78 Å². The SMILES string of the molecule is CCOCc1nc2cnc3ccc(OCc4ccccc4)cc3c2n1CC(C)(C)NC(=O)O. The molecule has 4 aromatic rings. The van der Waals surface area contributed by atoms with E-state index in [9.17, 15) is 9.90 Å². The number of imidazole rings is 1. The predicted octanol–water partition coefficient (Wildman–Crippen LogP) is 4.75. The molecular formula is C25H28N4O4. The van der Waals surface area contributed by atoms with Crippen molar-refractivity contribution < 1.29 is 19.4 Å². The number of rotatable bonds is 9. The van der Waals surface area contributed by atoms with Gasteiger partial charge in [-0.15, -0.1) is 0 Å². The van der Waals surface area contributed by atoms with Crippen LogP contribution in [0.1, 0.15) is 32.2 Å². The zero-order valence-corrected chi connectivity index (χ0v) is 19.0. The van der Waals surface area contributed by atoms with Crippen LogP contribution in [-0.4, -0.2) is 37.9 Å². The monoisotopic (exact) mass is 448 g/mol. The Labute approximate surface area is 192 Å². The minimum absolute atomic E-state index is 0.319. The molecular weight excluding hydrogens is 420 g/mol. The van der Waals surface area contributed by atoms with Crippen LogP contribution in [0.4, 0.5) is 4.79 Å². The highest BCUT2D eigenvalue weighted by Gasteiger charge is 2.25. The summed E-state index contributed by atoms with van der Waals surface area (Å²) in [6.45, 7) is 7.32. The minimum Gasteiger partial charge on any atom is -0.489 e. The fourth-order valence-corrected chi connectivity index (χ4v) is 3.87. The Hall–Kier alpha value is -3.65. The summed E-state index contributed by atoms with van der Waals surface area (Å²) in [5, 5.41) is 12.8. The van der Waals surface area contributed by atoms with E-state index in [0.29, 0.717) is 26.4 Å². The van der Waals surface area contributed by atoms with Gasteiger partial charge in [-0.3, -0.25) is 4.98 Å². The van der Waals surface area contributed by atoms with Gasteiger partial charge < -0.3 is 24.5 Å². The van der Waals surface area contributed by atoms with Crippen molar-refractivity contribution in [3.05, 3.63) is 66.1 Å². The first kappa shape index (κ1) is 22.5. The third-order valence-corrected chi connectivity index (χ3v) is 5.31. The number of hydrogen-bond donors (Lipinski definition) is 2. The van der Waals surface area contributed by atoms with Crippen LogP contribution in [0.25, 0.3) is 21.9 Å². The summed E-state index contributed by atoms with van der Waals surface area (Å²) in [4.78, 5) is 20.6. The quantitative estimate of drug-likeness (QED) is 0.384. The van der Waals surface area contributed by atoms with Crippen LogP contribution in [0.5, 0.6) is 5.75 Å². The van der Waals surface area contributed by atoms with Crippen LogP contribution < -0.4 is 10.1 Å². The van der Waals surface area contributed by atoms with Crippen molar-refractivity contribution in [2.24, 2.45) is 0 Å². The van der Waals surface area contributed by atoms with Gasteiger partial charge in [0, 0.05) is 18.5 Å². The van der Waals surface area contributed by atoms with E-state index in [1.54, 1.807) is 6.20 Å². The molecule has 0 spiro atoms. The van der Waals surface area contributed by atoms with Crippen LogP contribution in [0, 0.1) is 0 Å². The lowest BCUT2D eigenvalue weighted by Gasteiger charge is -2.26. The van der Waals surface area contributed by atoms with Crippen molar-refractivity contribution in [2.45, 2.75) is 46.1 Å². The Morgan fingerprint density at radius 2 is 1.91 bits per heavy atom. The van der Waals surface area contributed by atoms with Gasteiger partial charge in [0.15, 0.2) is 0 Å². The Morgan fingerprint density at radius 3 is 2.64 bits per heavy atom. The van der Waals surface area contributed by atoms with Gasteiger partial charge in [-0.1, -0.05) is 30.3 Å². The number of pyridine rings is 1. The second-order valence-electron chi connectivity index (χ2n) is 8.51. The number of carbonyl (C=O) groups is 1. The molecule has 0 fully saturated rings. The molecule has 0 radical (unpaired) electrons. The first-order chi connectivity index (χ1) is 15.9. The van der Waals surface area contributed by atoms with E-state index in [-0.39, 0.29) is 0 Å². The summed E-state index contributed by atoms with van der Waals surface area (Å²) < 4.78 is 13.7. The summed E-state index contributed by atoms with van der Waals surface area (Å²) in [5.74, 6) is 1.44. The van der Waals surface area contributed by atoms with E-state index >= 15 is 0 Å². The van der Waals surface area contributed by atoms with Crippen molar-refractivity contribution in [3.63, 3.8) is 0 Å². The number of nitrogens with one attached hydrogen (secondary N) is 1. The number of amides is 1. The lowest BCUT2D eigenvalue weighted by molar-refractivity contribution is 0.124. The summed E-state index contributed by atoms with van der Waals surface area (Å²) in [7, 11) is 0. The molecule has 2 aromatic heterocycles. The van der Waals surface area contributed by atoms with E-state index in [0.717, 1.165) is 39.1 Å². The molecule has 172 valence electrons. The Morgan fingerprint density at radius 1 is 1.12 bits per heavy atom. The molecule has 0 saturated heterocycles. The van der Waals surface area contributed by atoms with Gasteiger partial charge in [0.2, 0.25) is 0 Å². The highest BCUT2D eigenvalue weighted by molar-refractivity contribution is 6.02. The molecule has 0 bridgehead atoms. The highest BCUT2D eigenvalue weighted by atomic mass is 16.5. The molecule has 2 heterocycles. The van der Waals surface area contributed by atoms with E-state index in [2.05, 4.69) is 10.3 Å². The second-order valence-corrected chi connectivity index (χ2v) is 8.51. The van der Waals surface area contributed by atoms with Crippen LogP contribution in [0.3, 0.4) is 0 Å². The minimum atomic E-state index is -1.07. The average Bonchev–Trinajstić information content (AvgIpc) is 3.12. The molecule has 8 heteroatoms. The fraction of sp³-hybridized carbons (Fsp3) is 0.320. The summed E-state index contributed by atoms with van der Waals surface area (Å²) >= 11 is 0. The second kappa shape index (κ2) is 9.46. The number of ether oxygens (including phenoxy) is 2. The van der Waals surface area contributed by atoms with Gasteiger partial charge in [-0.05, 0) is 44.5 Å². The molecule has 0 aliphatic heterocycles. The van der Waals surface area contributed by atoms with Gasteiger partial charge >= 0.3 is 6.09 Å². The maximum absolute atomic E-state index is 11.3. The molecule has 0 atom stereocenters. The standard InChI is InChI=1S/C25H28N4O4/c1-4-32-15-22-27-21-13-26-20-11-10-18(33-14-17-8-6-5-7-9-17)12-19(20)23(21)29(22)16-25(2,3)28-24(30)31/h5-13,28H,4,14-16H2,1-3H3,(H,30,31). The molecule has 1 amide bonds. The lowest BCUT2D eigenvalue weighted by atomic mass is 10.1. The summed E-state index contributed by atoms with van der Waals surface area (Å²) in [5.41, 5.74) is 2.77. The summed E-state index contributed by atoms with van der Waals surface area (Å²) in [6, 6.07) is 15.8. The Kier molecular flexibility index (Phi) is 6.46. The number of benzene rings is 2. The van der Waals surface area contributed by atoms with Gasteiger partial charge in [0.05, 0.1) is 22.8 Å². The third kappa shape index (κ3) is 5.23. The van der Waals surface area contributed by atoms with Gasteiger partial charge in [0.1, 0.15) is 30.3 Å². The van der Waals surface area contributed by atoms with Crippen molar-refractivity contribution >= 4 is 28.0 Å². The normalized spacial score (nSPS) is 11.7. The molecule has 4 rings (SSSR count). The average molecular weight is 449 g/mol. The van der Waals surface area contributed by atoms with Crippen LogP contribution in [0.2, 0.25) is 0 Å². The predicted molar refractivity (Wildman–Crippen MR) is 126 cm³/mol. The van der Waals surface area contributed by atoms with Crippen LogP contribution in [-0.2, 0) is 24.5 Å². The number of aromatic nitrogens is 3. The molecule has 0 aliphatic carbocycles. The first-order valence-electron chi connectivity index (χ1n) is 10.9. The Bertz CT molecular complexity index is 1270. The zero-order chi connectivity index (χ0) is 23.4. The molecule has 2 N–H and O–H groups in total. The number of fused-ring (bicyclic) bond motifs is 3. The molecule has 2 aromatic carbocycles. The maximum atomic E-state index is 11.3.